The number of nitrogens with one attached hydrogen (secondary N) is 1. The maximum atomic E-state index is 11.1. The first kappa shape index (κ1) is 12.9. The van der Waals surface area contributed by atoms with Crippen LogP contribution in [0.5, 0.6) is 0 Å². The van der Waals surface area contributed by atoms with Crippen LogP contribution < -0.4 is 11.3 Å². The van der Waals surface area contributed by atoms with Crippen molar-refractivity contribution >= 4 is 17.7 Å². The van der Waals surface area contributed by atoms with Gasteiger partial charge >= 0.3 is 0 Å². The van der Waals surface area contributed by atoms with Gasteiger partial charge in [-0.25, -0.2) is 5.84 Å². The van der Waals surface area contributed by atoms with E-state index in [-0.39, 0.29) is 17.6 Å². The lowest BCUT2D eigenvalue weighted by molar-refractivity contribution is 0.0948. The van der Waals surface area contributed by atoms with Gasteiger partial charge in [-0.1, -0.05) is 12.1 Å². The first-order valence-electron chi connectivity index (χ1n) is 4.81. The number of hydrogen-bond donors (Lipinski definition) is 3. The molecule has 0 radical (unpaired) electrons. The lowest BCUT2D eigenvalue weighted by Gasteiger charge is -2.06. The topological polar surface area (TPSA) is 106 Å². The lowest BCUT2D eigenvalue weighted by atomic mass is 10.5. The Morgan fingerprint density at radius 1 is 1.81 bits per heavy atom. The molecular weight excluding hydrogens is 230 g/mol. The highest BCUT2D eigenvalue weighted by Crippen LogP contribution is 2.09. The molecule has 0 aromatic carbocycles. The SMILES string of the molecule is CC(CO)SCCn1cc(C(=O)NN)nn1. The number of nitrogen functional groups attached to an aromatic ring is 1. The second-order valence-electron chi connectivity index (χ2n) is 3.20. The van der Waals surface area contributed by atoms with Gasteiger partial charge < -0.3 is 5.11 Å². The second-order valence-corrected chi connectivity index (χ2v) is 4.75. The number of aliphatic hydroxyl groups excluding tert-OH is 1. The Morgan fingerprint density at radius 3 is 3.19 bits per heavy atom. The van der Waals surface area contributed by atoms with Crippen molar-refractivity contribution in [2.45, 2.75) is 18.7 Å². The molecule has 90 valence electrons. The number of hydrazine groups is 1. The molecule has 8 heteroatoms. The zero-order valence-electron chi connectivity index (χ0n) is 8.96. The number of amides is 1. The number of rotatable bonds is 6. The summed E-state index contributed by atoms with van der Waals surface area (Å²) in [6, 6.07) is 0. The molecule has 7 nitrogen and oxygen atoms in total. The Kier molecular flexibility index (Phi) is 5.23. The molecule has 0 bridgehead atoms. The van der Waals surface area contributed by atoms with Gasteiger partial charge in [0.05, 0.1) is 19.3 Å². The van der Waals surface area contributed by atoms with Gasteiger partial charge in [-0.3, -0.25) is 14.9 Å². The highest BCUT2D eigenvalue weighted by atomic mass is 32.2. The first-order valence-corrected chi connectivity index (χ1v) is 5.85. The Labute approximate surface area is 97.4 Å². The Morgan fingerprint density at radius 2 is 2.56 bits per heavy atom. The van der Waals surface area contributed by atoms with Gasteiger partial charge in [0.15, 0.2) is 5.69 Å². The van der Waals surface area contributed by atoms with E-state index in [0.717, 1.165) is 5.75 Å². The summed E-state index contributed by atoms with van der Waals surface area (Å²) in [7, 11) is 0. The largest absolute Gasteiger partial charge is 0.395 e. The summed E-state index contributed by atoms with van der Waals surface area (Å²) in [5, 5.41) is 16.5. The molecule has 16 heavy (non-hydrogen) atoms. The van der Waals surface area contributed by atoms with E-state index < -0.39 is 5.91 Å². The van der Waals surface area contributed by atoms with Crippen LogP contribution in [0.4, 0.5) is 0 Å². The van der Waals surface area contributed by atoms with Gasteiger partial charge in [0, 0.05) is 11.0 Å². The third-order valence-electron chi connectivity index (χ3n) is 1.88. The molecule has 1 amide bonds. The smallest absolute Gasteiger partial charge is 0.287 e. The highest BCUT2D eigenvalue weighted by molar-refractivity contribution is 7.99. The molecule has 1 aromatic rings. The number of aromatic nitrogens is 3. The number of carbonyl (C=O) groups excluding carboxylic acids is 1. The quantitative estimate of drug-likeness (QED) is 0.337. The number of hydrogen-bond acceptors (Lipinski definition) is 6. The van der Waals surface area contributed by atoms with Crippen LogP contribution in [0.15, 0.2) is 6.20 Å². The Balaban J connectivity index is 2.38. The first-order chi connectivity index (χ1) is 7.67. The summed E-state index contributed by atoms with van der Waals surface area (Å²) in [6.07, 6.45) is 1.53. The summed E-state index contributed by atoms with van der Waals surface area (Å²) in [6.45, 7) is 2.74. The molecule has 0 aliphatic carbocycles. The van der Waals surface area contributed by atoms with Crippen molar-refractivity contribution in [1.29, 1.82) is 0 Å². The molecular formula is C8H15N5O2S. The number of aliphatic hydroxyl groups is 1. The molecule has 1 rings (SSSR count). The van der Waals surface area contributed by atoms with Gasteiger partial charge in [0.25, 0.3) is 5.91 Å². The van der Waals surface area contributed by atoms with Crippen LogP contribution in [-0.4, -0.2) is 43.6 Å². The van der Waals surface area contributed by atoms with E-state index in [1.54, 1.807) is 16.4 Å². The number of nitrogens with zero attached hydrogens (tertiary/aromatic N) is 3. The van der Waals surface area contributed by atoms with Crippen molar-refractivity contribution in [3.05, 3.63) is 11.9 Å². The number of thioether (sulfide) groups is 1. The van der Waals surface area contributed by atoms with E-state index in [9.17, 15) is 4.79 Å². The van der Waals surface area contributed by atoms with Crippen LogP contribution in [0.2, 0.25) is 0 Å². The van der Waals surface area contributed by atoms with Gasteiger partial charge in [0.1, 0.15) is 0 Å². The van der Waals surface area contributed by atoms with E-state index in [2.05, 4.69) is 10.3 Å². The van der Waals surface area contributed by atoms with Crippen molar-refractivity contribution < 1.29 is 9.90 Å². The van der Waals surface area contributed by atoms with E-state index in [4.69, 9.17) is 10.9 Å². The predicted octanol–water partition coefficient (Wildman–Crippen LogP) is -1.00. The van der Waals surface area contributed by atoms with Gasteiger partial charge in [0.2, 0.25) is 0 Å². The van der Waals surface area contributed by atoms with E-state index >= 15 is 0 Å². The average molecular weight is 245 g/mol. The molecule has 0 saturated heterocycles. The van der Waals surface area contributed by atoms with Crippen LogP contribution in [0.3, 0.4) is 0 Å². The normalized spacial score (nSPS) is 12.4. The molecule has 1 atom stereocenters. The molecule has 1 aromatic heterocycles. The minimum absolute atomic E-state index is 0.156. The summed E-state index contributed by atoms with van der Waals surface area (Å²) in [4.78, 5) is 11.1. The molecule has 0 aliphatic heterocycles. The van der Waals surface area contributed by atoms with Crippen molar-refractivity contribution in [1.82, 2.24) is 20.4 Å². The summed E-state index contributed by atoms with van der Waals surface area (Å²) in [5.74, 6) is 5.31. The zero-order chi connectivity index (χ0) is 12.0. The average Bonchev–Trinajstić information content (AvgIpc) is 2.76. The molecule has 0 saturated carbocycles. The fraction of sp³-hybridized carbons (Fsp3) is 0.625. The van der Waals surface area contributed by atoms with E-state index in [1.165, 1.54) is 6.20 Å². The number of nitrogens with two attached hydrogens (primary N) is 1. The second kappa shape index (κ2) is 6.46. The summed E-state index contributed by atoms with van der Waals surface area (Å²) < 4.78 is 1.57. The minimum Gasteiger partial charge on any atom is -0.395 e. The van der Waals surface area contributed by atoms with Crippen LogP contribution in [0.1, 0.15) is 17.4 Å². The number of carbonyl (C=O) groups is 1. The monoisotopic (exact) mass is 245 g/mol. The number of aryl methyl sites for hydroxylation is 1. The molecule has 1 heterocycles. The molecule has 0 spiro atoms. The van der Waals surface area contributed by atoms with Gasteiger partial charge in [-0.15, -0.1) is 5.10 Å². The molecule has 1 unspecified atom stereocenters. The molecule has 0 fully saturated rings. The standard InChI is InChI=1S/C8H15N5O2S/c1-6(5-14)16-3-2-13-4-7(11-12-13)8(15)10-9/h4,6,14H,2-3,5,9H2,1H3,(H,10,15). The van der Waals surface area contributed by atoms with Crippen molar-refractivity contribution in [3.63, 3.8) is 0 Å². The summed E-state index contributed by atoms with van der Waals surface area (Å²) >= 11 is 1.63. The Bertz CT molecular complexity index is 343. The maximum Gasteiger partial charge on any atom is 0.287 e. The van der Waals surface area contributed by atoms with E-state index in [1.807, 2.05) is 12.3 Å². The third-order valence-corrected chi connectivity index (χ3v) is 3.02. The molecule has 4 N–H and O–H groups in total. The Hall–Kier alpha value is -1.12. The fourth-order valence-corrected chi connectivity index (χ4v) is 1.79. The van der Waals surface area contributed by atoms with E-state index in [0.29, 0.717) is 6.54 Å². The van der Waals surface area contributed by atoms with Crippen molar-refractivity contribution in [3.8, 4) is 0 Å². The molecule has 0 aliphatic rings. The predicted molar refractivity (Wildman–Crippen MR) is 60.7 cm³/mol. The lowest BCUT2D eigenvalue weighted by Crippen LogP contribution is -2.30. The van der Waals surface area contributed by atoms with Crippen LogP contribution in [-0.2, 0) is 6.54 Å². The summed E-state index contributed by atoms with van der Waals surface area (Å²) in [5.41, 5.74) is 2.18. The van der Waals surface area contributed by atoms with Crippen LogP contribution in [0.25, 0.3) is 0 Å². The van der Waals surface area contributed by atoms with Crippen LogP contribution in [0, 0.1) is 0 Å². The van der Waals surface area contributed by atoms with Gasteiger partial charge in [-0.05, 0) is 0 Å². The fourth-order valence-electron chi connectivity index (χ4n) is 0.986. The third kappa shape index (κ3) is 3.80. The van der Waals surface area contributed by atoms with Crippen molar-refractivity contribution in [2.24, 2.45) is 5.84 Å². The zero-order valence-corrected chi connectivity index (χ0v) is 9.78. The maximum absolute atomic E-state index is 11.1. The minimum atomic E-state index is -0.456. The van der Waals surface area contributed by atoms with Gasteiger partial charge in [-0.2, -0.15) is 11.8 Å². The van der Waals surface area contributed by atoms with Crippen molar-refractivity contribution in [2.75, 3.05) is 12.4 Å². The highest BCUT2D eigenvalue weighted by Gasteiger charge is 2.08. The van der Waals surface area contributed by atoms with Crippen LogP contribution >= 0.6 is 11.8 Å².